The molecule has 0 heterocycles. The van der Waals surface area contributed by atoms with Gasteiger partial charge in [0.15, 0.2) is 5.84 Å². The second-order valence-corrected chi connectivity index (χ2v) is 4.12. The van der Waals surface area contributed by atoms with Crippen molar-refractivity contribution >= 4 is 17.4 Å². The van der Waals surface area contributed by atoms with Crippen molar-refractivity contribution in [3.8, 4) is 0 Å². The average Bonchev–Trinajstić information content (AvgIpc) is 2.50. The Hall–Kier alpha value is -2.96. The summed E-state index contributed by atoms with van der Waals surface area (Å²) in [5.74, 6) is -2.65. The molecule has 0 saturated carbocycles. The number of hydrogen-bond acceptors (Lipinski definition) is 3. The summed E-state index contributed by atoms with van der Waals surface area (Å²) in [4.78, 5) is 12.0. The quantitative estimate of drug-likeness (QED) is 0.351. The lowest BCUT2D eigenvalue weighted by molar-refractivity contribution is 0.102. The summed E-state index contributed by atoms with van der Waals surface area (Å²) in [6.45, 7) is 0. The van der Waals surface area contributed by atoms with E-state index in [0.29, 0.717) is 5.56 Å². The van der Waals surface area contributed by atoms with Gasteiger partial charge in [-0.05, 0) is 24.3 Å². The van der Waals surface area contributed by atoms with Crippen LogP contribution in [-0.2, 0) is 0 Å². The van der Waals surface area contributed by atoms with Crippen LogP contribution in [0, 0.1) is 11.6 Å². The highest BCUT2D eigenvalue weighted by molar-refractivity contribution is 6.06. The van der Waals surface area contributed by atoms with Gasteiger partial charge in [0.05, 0.1) is 0 Å². The number of para-hydroxylation sites is 1. The van der Waals surface area contributed by atoms with Gasteiger partial charge in [0, 0.05) is 11.1 Å². The van der Waals surface area contributed by atoms with Gasteiger partial charge in [-0.2, -0.15) is 0 Å². The molecule has 0 spiro atoms. The molecule has 21 heavy (non-hydrogen) atoms. The van der Waals surface area contributed by atoms with Crippen molar-refractivity contribution in [2.75, 3.05) is 5.32 Å². The van der Waals surface area contributed by atoms with Crippen LogP contribution in [-0.4, -0.2) is 17.0 Å². The zero-order valence-electron chi connectivity index (χ0n) is 10.7. The molecule has 0 unspecified atom stereocenters. The lowest BCUT2D eigenvalue weighted by atomic mass is 10.1. The highest BCUT2D eigenvalue weighted by Crippen LogP contribution is 2.19. The molecule has 0 aliphatic rings. The van der Waals surface area contributed by atoms with Crippen LogP contribution in [0.5, 0.6) is 0 Å². The zero-order valence-corrected chi connectivity index (χ0v) is 10.7. The van der Waals surface area contributed by atoms with Crippen LogP contribution in [0.3, 0.4) is 0 Å². The predicted molar refractivity (Wildman–Crippen MR) is 73.3 cm³/mol. The fourth-order valence-electron chi connectivity index (χ4n) is 1.68. The highest BCUT2D eigenvalue weighted by Gasteiger charge is 2.14. The first kappa shape index (κ1) is 14.4. The lowest BCUT2D eigenvalue weighted by Crippen LogP contribution is -2.17. The minimum absolute atomic E-state index is 0.113. The normalized spacial score (nSPS) is 11.2. The molecule has 0 bridgehead atoms. The first-order valence-corrected chi connectivity index (χ1v) is 5.86. The number of carbonyl (C=O) groups excluding carboxylic acids is 1. The van der Waals surface area contributed by atoms with Crippen molar-refractivity contribution in [3.63, 3.8) is 0 Å². The third-order valence-corrected chi connectivity index (χ3v) is 2.73. The van der Waals surface area contributed by atoms with Crippen LogP contribution in [0.2, 0.25) is 0 Å². The SMILES string of the molecule is N/C(=N\O)c1cccc(C(=O)Nc2c(F)cccc2F)c1. The van der Waals surface area contributed by atoms with Gasteiger partial charge in [0.25, 0.3) is 5.91 Å². The van der Waals surface area contributed by atoms with E-state index in [1.54, 1.807) is 0 Å². The molecular formula is C14H11F2N3O2. The molecule has 0 radical (unpaired) electrons. The number of oxime groups is 1. The summed E-state index contributed by atoms with van der Waals surface area (Å²) >= 11 is 0. The monoisotopic (exact) mass is 291 g/mol. The molecule has 2 aromatic carbocycles. The van der Waals surface area contributed by atoms with E-state index in [1.165, 1.54) is 30.3 Å². The highest BCUT2D eigenvalue weighted by atomic mass is 19.1. The van der Waals surface area contributed by atoms with Crippen molar-refractivity contribution in [1.29, 1.82) is 0 Å². The third-order valence-electron chi connectivity index (χ3n) is 2.73. The fraction of sp³-hybridized carbons (Fsp3) is 0. The van der Waals surface area contributed by atoms with E-state index in [9.17, 15) is 13.6 Å². The van der Waals surface area contributed by atoms with Crippen LogP contribution in [0.4, 0.5) is 14.5 Å². The van der Waals surface area contributed by atoms with Crippen molar-refractivity contribution < 1.29 is 18.8 Å². The molecular weight excluding hydrogens is 280 g/mol. The Labute approximate surface area is 118 Å². The number of hydrogen-bond donors (Lipinski definition) is 3. The maximum absolute atomic E-state index is 13.5. The number of carbonyl (C=O) groups is 1. The number of benzene rings is 2. The first-order valence-electron chi connectivity index (χ1n) is 5.86. The van der Waals surface area contributed by atoms with E-state index in [0.717, 1.165) is 12.1 Å². The molecule has 5 nitrogen and oxygen atoms in total. The van der Waals surface area contributed by atoms with Gasteiger partial charge in [0.2, 0.25) is 0 Å². The van der Waals surface area contributed by atoms with E-state index >= 15 is 0 Å². The van der Waals surface area contributed by atoms with E-state index in [2.05, 4.69) is 10.5 Å². The smallest absolute Gasteiger partial charge is 0.255 e. The molecule has 0 atom stereocenters. The van der Waals surface area contributed by atoms with Crippen LogP contribution < -0.4 is 11.1 Å². The van der Waals surface area contributed by atoms with Gasteiger partial charge < -0.3 is 16.3 Å². The Kier molecular flexibility index (Phi) is 4.13. The van der Waals surface area contributed by atoms with Crippen LogP contribution in [0.1, 0.15) is 15.9 Å². The number of rotatable bonds is 3. The maximum Gasteiger partial charge on any atom is 0.255 e. The lowest BCUT2D eigenvalue weighted by Gasteiger charge is -2.08. The largest absolute Gasteiger partial charge is 0.409 e. The van der Waals surface area contributed by atoms with Crippen LogP contribution in [0.15, 0.2) is 47.6 Å². The summed E-state index contributed by atoms with van der Waals surface area (Å²) in [6.07, 6.45) is 0. The van der Waals surface area contributed by atoms with E-state index in [-0.39, 0.29) is 11.4 Å². The third kappa shape index (κ3) is 3.14. The van der Waals surface area contributed by atoms with Gasteiger partial charge in [0.1, 0.15) is 17.3 Å². The molecule has 0 saturated heterocycles. The molecule has 4 N–H and O–H groups in total. The number of anilines is 1. The van der Waals surface area contributed by atoms with Crippen molar-refractivity contribution in [2.24, 2.45) is 10.9 Å². The second kappa shape index (κ2) is 6.00. The number of amidine groups is 1. The Morgan fingerprint density at radius 2 is 1.67 bits per heavy atom. The number of nitrogens with two attached hydrogens (primary N) is 1. The Morgan fingerprint density at radius 1 is 1.10 bits per heavy atom. The summed E-state index contributed by atoms with van der Waals surface area (Å²) < 4.78 is 26.9. The first-order chi connectivity index (χ1) is 10.0. The van der Waals surface area contributed by atoms with Crippen LogP contribution in [0.25, 0.3) is 0 Å². The molecule has 2 aromatic rings. The summed E-state index contributed by atoms with van der Waals surface area (Å²) in [6, 6.07) is 9.05. The summed E-state index contributed by atoms with van der Waals surface area (Å²) in [5.41, 5.74) is 5.30. The Morgan fingerprint density at radius 3 is 2.29 bits per heavy atom. The van der Waals surface area contributed by atoms with Gasteiger partial charge in [-0.15, -0.1) is 0 Å². The van der Waals surface area contributed by atoms with E-state index < -0.39 is 23.2 Å². The second-order valence-electron chi connectivity index (χ2n) is 4.12. The van der Waals surface area contributed by atoms with Crippen molar-refractivity contribution in [3.05, 3.63) is 65.2 Å². The molecule has 0 aliphatic carbocycles. The average molecular weight is 291 g/mol. The van der Waals surface area contributed by atoms with Crippen molar-refractivity contribution in [1.82, 2.24) is 0 Å². The summed E-state index contributed by atoms with van der Waals surface area (Å²) in [7, 11) is 0. The molecule has 108 valence electrons. The van der Waals surface area contributed by atoms with E-state index in [1.807, 2.05) is 0 Å². The number of nitrogens with one attached hydrogen (secondary N) is 1. The number of amides is 1. The standard InChI is InChI=1S/C14H11F2N3O2/c15-10-5-2-6-11(16)12(10)18-14(20)9-4-1-3-8(7-9)13(17)19-21/h1-7,21H,(H2,17,19)(H,18,20). The topological polar surface area (TPSA) is 87.7 Å². The minimum atomic E-state index is -0.879. The maximum atomic E-state index is 13.5. The number of nitrogens with zero attached hydrogens (tertiary/aromatic N) is 1. The van der Waals surface area contributed by atoms with Gasteiger partial charge in [-0.25, -0.2) is 8.78 Å². The van der Waals surface area contributed by atoms with Gasteiger partial charge >= 0.3 is 0 Å². The van der Waals surface area contributed by atoms with Gasteiger partial charge in [-0.3, -0.25) is 4.79 Å². The van der Waals surface area contributed by atoms with Gasteiger partial charge in [-0.1, -0.05) is 23.4 Å². The molecule has 0 fully saturated rings. The zero-order chi connectivity index (χ0) is 15.4. The molecule has 1 amide bonds. The van der Waals surface area contributed by atoms with E-state index in [4.69, 9.17) is 10.9 Å². The Bertz CT molecular complexity index is 697. The minimum Gasteiger partial charge on any atom is -0.409 e. The number of halogens is 2. The fourth-order valence-corrected chi connectivity index (χ4v) is 1.68. The molecule has 2 rings (SSSR count). The molecule has 0 aliphatic heterocycles. The predicted octanol–water partition coefficient (Wildman–Crippen LogP) is 2.31. The van der Waals surface area contributed by atoms with Crippen LogP contribution >= 0.6 is 0 Å². The summed E-state index contributed by atoms with van der Waals surface area (Å²) in [5, 5.41) is 13.5. The van der Waals surface area contributed by atoms with Crippen molar-refractivity contribution in [2.45, 2.75) is 0 Å². The molecule has 7 heteroatoms. The molecule has 0 aromatic heterocycles. The Balaban J connectivity index is 2.29.